The Kier molecular flexibility index (Phi) is 3.19. The number of esters is 1. The van der Waals surface area contributed by atoms with Gasteiger partial charge in [0.15, 0.2) is 0 Å². The number of pyridine rings is 1. The van der Waals surface area contributed by atoms with Crippen LogP contribution in [-0.4, -0.2) is 18.1 Å². The lowest BCUT2D eigenvalue weighted by molar-refractivity contribution is 0.0601. The molecule has 0 saturated heterocycles. The first-order chi connectivity index (χ1) is 8.22. The van der Waals surface area contributed by atoms with Crippen LogP contribution < -0.4 is 0 Å². The molecule has 3 heteroatoms. The quantitative estimate of drug-likeness (QED) is 0.740. The molecule has 0 spiro atoms. The summed E-state index contributed by atoms with van der Waals surface area (Å²) in [5.41, 5.74) is 3.44. The van der Waals surface area contributed by atoms with Crippen molar-refractivity contribution in [1.82, 2.24) is 4.98 Å². The van der Waals surface area contributed by atoms with Crippen molar-refractivity contribution in [2.24, 2.45) is 0 Å². The van der Waals surface area contributed by atoms with Crippen LogP contribution in [0.25, 0.3) is 11.1 Å². The van der Waals surface area contributed by atoms with E-state index in [9.17, 15) is 4.79 Å². The van der Waals surface area contributed by atoms with Gasteiger partial charge in [-0.15, -0.1) is 0 Å². The summed E-state index contributed by atoms with van der Waals surface area (Å²) in [7, 11) is 1.39. The van der Waals surface area contributed by atoms with E-state index < -0.39 is 0 Å². The third kappa shape index (κ3) is 2.33. The molecule has 2 rings (SSSR count). The van der Waals surface area contributed by atoms with Crippen LogP contribution in [0.1, 0.15) is 15.9 Å². The molecule has 0 saturated carbocycles. The second-order valence-electron chi connectivity index (χ2n) is 3.78. The maximum Gasteiger partial charge on any atom is 0.338 e. The summed E-state index contributed by atoms with van der Waals surface area (Å²) in [6, 6.07) is 9.48. The van der Waals surface area contributed by atoms with Crippen LogP contribution in [0, 0.1) is 6.92 Å². The lowest BCUT2D eigenvalue weighted by atomic mass is 9.99. The number of rotatable bonds is 2. The standard InChI is InChI=1S/C14H13NO2/c1-10-3-4-12(11-5-7-15-8-6-11)13(9-10)14(16)17-2/h3-9H,1-2H3. The Bertz CT molecular complexity index is 535. The summed E-state index contributed by atoms with van der Waals surface area (Å²) in [6.45, 7) is 1.95. The van der Waals surface area contributed by atoms with Crippen molar-refractivity contribution < 1.29 is 9.53 Å². The molecule has 0 bridgehead atoms. The van der Waals surface area contributed by atoms with Gasteiger partial charge in [0.25, 0.3) is 0 Å². The van der Waals surface area contributed by atoms with Crippen LogP contribution in [0.3, 0.4) is 0 Å². The second kappa shape index (κ2) is 4.78. The SMILES string of the molecule is COC(=O)c1cc(C)ccc1-c1ccncc1. The zero-order chi connectivity index (χ0) is 12.3. The maximum absolute atomic E-state index is 11.7. The molecule has 1 aromatic heterocycles. The highest BCUT2D eigenvalue weighted by atomic mass is 16.5. The average molecular weight is 227 g/mol. The van der Waals surface area contributed by atoms with E-state index in [0.717, 1.165) is 16.7 Å². The van der Waals surface area contributed by atoms with E-state index in [0.29, 0.717) is 5.56 Å². The summed E-state index contributed by atoms with van der Waals surface area (Å²) in [5.74, 6) is -0.319. The predicted octanol–water partition coefficient (Wildman–Crippen LogP) is 2.84. The predicted molar refractivity (Wildman–Crippen MR) is 65.7 cm³/mol. The molecule has 2 aromatic rings. The number of aromatic nitrogens is 1. The molecular formula is C14H13NO2. The third-order valence-corrected chi connectivity index (χ3v) is 2.57. The summed E-state index contributed by atoms with van der Waals surface area (Å²) in [4.78, 5) is 15.7. The van der Waals surface area contributed by atoms with E-state index in [4.69, 9.17) is 4.74 Å². The third-order valence-electron chi connectivity index (χ3n) is 2.57. The first-order valence-corrected chi connectivity index (χ1v) is 5.31. The van der Waals surface area contributed by atoms with Gasteiger partial charge in [0.2, 0.25) is 0 Å². The van der Waals surface area contributed by atoms with Gasteiger partial charge >= 0.3 is 5.97 Å². The van der Waals surface area contributed by atoms with E-state index in [2.05, 4.69) is 4.98 Å². The number of carbonyl (C=O) groups is 1. The fourth-order valence-electron chi connectivity index (χ4n) is 1.72. The molecule has 0 aliphatic heterocycles. The molecule has 0 N–H and O–H groups in total. The topological polar surface area (TPSA) is 39.2 Å². The second-order valence-corrected chi connectivity index (χ2v) is 3.78. The lowest BCUT2D eigenvalue weighted by Gasteiger charge is -2.08. The van der Waals surface area contributed by atoms with E-state index in [1.807, 2.05) is 37.3 Å². The summed E-state index contributed by atoms with van der Waals surface area (Å²) < 4.78 is 4.80. The van der Waals surface area contributed by atoms with Gasteiger partial charge in [-0.3, -0.25) is 4.98 Å². The highest BCUT2D eigenvalue weighted by molar-refractivity contribution is 5.97. The minimum absolute atomic E-state index is 0.319. The van der Waals surface area contributed by atoms with Crippen LogP contribution in [0.5, 0.6) is 0 Å². The fraction of sp³-hybridized carbons (Fsp3) is 0.143. The smallest absolute Gasteiger partial charge is 0.338 e. The average Bonchev–Trinajstić information content (AvgIpc) is 2.38. The van der Waals surface area contributed by atoms with Crippen molar-refractivity contribution in [1.29, 1.82) is 0 Å². The normalized spacial score (nSPS) is 10.0. The van der Waals surface area contributed by atoms with Crippen LogP contribution in [0.15, 0.2) is 42.7 Å². The van der Waals surface area contributed by atoms with Crippen LogP contribution in [0.4, 0.5) is 0 Å². The van der Waals surface area contributed by atoms with Gasteiger partial charge < -0.3 is 4.74 Å². The molecule has 0 unspecified atom stereocenters. The highest BCUT2D eigenvalue weighted by Crippen LogP contribution is 2.24. The van der Waals surface area contributed by atoms with E-state index in [1.54, 1.807) is 12.4 Å². The highest BCUT2D eigenvalue weighted by Gasteiger charge is 2.13. The van der Waals surface area contributed by atoms with Crippen LogP contribution in [-0.2, 0) is 4.74 Å². The number of nitrogens with zero attached hydrogens (tertiary/aromatic N) is 1. The number of aryl methyl sites for hydroxylation is 1. The Hall–Kier alpha value is -2.16. The summed E-state index contributed by atoms with van der Waals surface area (Å²) >= 11 is 0. The van der Waals surface area contributed by atoms with Gasteiger partial charge in [-0.05, 0) is 36.2 Å². The molecule has 0 aliphatic carbocycles. The van der Waals surface area contributed by atoms with Crippen molar-refractivity contribution in [2.45, 2.75) is 6.92 Å². The number of hydrogen-bond donors (Lipinski definition) is 0. The van der Waals surface area contributed by atoms with Gasteiger partial charge in [-0.2, -0.15) is 0 Å². The lowest BCUT2D eigenvalue weighted by Crippen LogP contribution is -2.04. The molecule has 0 radical (unpaired) electrons. The molecule has 0 amide bonds. The molecular weight excluding hydrogens is 214 g/mol. The number of methoxy groups -OCH3 is 1. The molecule has 3 nitrogen and oxygen atoms in total. The molecule has 0 atom stereocenters. The van der Waals surface area contributed by atoms with Gasteiger partial charge in [0.1, 0.15) is 0 Å². The van der Waals surface area contributed by atoms with E-state index >= 15 is 0 Å². The van der Waals surface area contributed by atoms with Crippen molar-refractivity contribution in [3.05, 3.63) is 53.9 Å². The monoisotopic (exact) mass is 227 g/mol. The molecule has 0 fully saturated rings. The molecule has 86 valence electrons. The Morgan fingerprint density at radius 2 is 1.88 bits per heavy atom. The Labute approximate surface area is 100 Å². The van der Waals surface area contributed by atoms with Crippen LogP contribution in [0.2, 0.25) is 0 Å². The van der Waals surface area contributed by atoms with E-state index in [-0.39, 0.29) is 5.97 Å². The van der Waals surface area contributed by atoms with Crippen molar-refractivity contribution >= 4 is 5.97 Å². The largest absolute Gasteiger partial charge is 0.465 e. The number of hydrogen-bond acceptors (Lipinski definition) is 3. The van der Waals surface area contributed by atoms with E-state index in [1.165, 1.54) is 7.11 Å². The van der Waals surface area contributed by atoms with Gasteiger partial charge in [-0.1, -0.05) is 17.7 Å². The molecule has 0 aliphatic rings. The number of carbonyl (C=O) groups excluding carboxylic acids is 1. The molecule has 17 heavy (non-hydrogen) atoms. The number of ether oxygens (including phenoxy) is 1. The van der Waals surface area contributed by atoms with Gasteiger partial charge in [0, 0.05) is 12.4 Å². The fourth-order valence-corrected chi connectivity index (χ4v) is 1.72. The Balaban J connectivity index is 2.58. The summed E-state index contributed by atoms with van der Waals surface area (Å²) in [6.07, 6.45) is 3.41. The Morgan fingerprint density at radius 3 is 2.53 bits per heavy atom. The minimum atomic E-state index is -0.319. The maximum atomic E-state index is 11.7. The zero-order valence-electron chi connectivity index (χ0n) is 9.81. The molecule has 1 aromatic carbocycles. The number of benzene rings is 1. The molecule has 1 heterocycles. The first kappa shape index (κ1) is 11.3. The summed E-state index contributed by atoms with van der Waals surface area (Å²) in [5, 5.41) is 0. The van der Waals surface area contributed by atoms with Gasteiger partial charge in [-0.25, -0.2) is 4.79 Å². The zero-order valence-corrected chi connectivity index (χ0v) is 9.81. The van der Waals surface area contributed by atoms with Crippen LogP contribution >= 0.6 is 0 Å². The van der Waals surface area contributed by atoms with Crippen molar-refractivity contribution in [3.8, 4) is 11.1 Å². The Morgan fingerprint density at radius 1 is 1.18 bits per heavy atom. The van der Waals surface area contributed by atoms with Crippen molar-refractivity contribution in [3.63, 3.8) is 0 Å². The first-order valence-electron chi connectivity index (χ1n) is 5.31. The minimum Gasteiger partial charge on any atom is -0.465 e. The van der Waals surface area contributed by atoms with Gasteiger partial charge in [0.05, 0.1) is 12.7 Å². The van der Waals surface area contributed by atoms with Crippen molar-refractivity contribution in [2.75, 3.05) is 7.11 Å².